The molecule has 0 fully saturated rings. The van der Waals surface area contributed by atoms with Crippen LogP contribution in [-0.2, 0) is 15.7 Å². The highest BCUT2D eigenvalue weighted by Crippen LogP contribution is 2.29. The van der Waals surface area contributed by atoms with Crippen LogP contribution in [0.2, 0.25) is 0 Å². The molecule has 1 aromatic carbocycles. The number of rotatable bonds is 4. The first-order chi connectivity index (χ1) is 11.2. The highest BCUT2D eigenvalue weighted by atomic mass is 32.1. The Labute approximate surface area is 140 Å². The number of hydrogen-bond acceptors (Lipinski definition) is 4. The van der Waals surface area contributed by atoms with Gasteiger partial charge in [-0.3, -0.25) is 4.79 Å². The van der Waals surface area contributed by atoms with Gasteiger partial charge in [-0.25, -0.2) is 4.79 Å². The fourth-order valence-electron chi connectivity index (χ4n) is 1.98. The fraction of sp³-hybridized carbons (Fsp3) is 0.250. The van der Waals surface area contributed by atoms with Crippen LogP contribution in [0.5, 0.6) is 0 Å². The lowest BCUT2D eigenvalue weighted by Crippen LogP contribution is -2.21. The summed E-state index contributed by atoms with van der Waals surface area (Å²) >= 11 is 1.44. The van der Waals surface area contributed by atoms with Crippen molar-refractivity contribution in [3.8, 4) is 0 Å². The van der Waals surface area contributed by atoms with Gasteiger partial charge in [-0.2, -0.15) is 13.2 Å². The van der Waals surface area contributed by atoms with E-state index in [1.165, 1.54) is 11.3 Å². The third kappa shape index (κ3) is 4.58. The molecule has 1 aromatic heterocycles. The van der Waals surface area contributed by atoms with Gasteiger partial charge in [-0.15, -0.1) is 11.3 Å². The van der Waals surface area contributed by atoms with Crippen molar-refractivity contribution >= 4 is 28.9 Å². The number of ether oxygens (including phenoxy) is 1. The molecule has 2 aromatic rings. The molecule has 2 rings (SSSR count). The maximum Gasteiger partial charge on any atom is 0.416 e. The summed E-state index contributed by atoms with van der Waals surface area (Å²) in [6.07, 6.45) is -4.44. The van der Waals surface area contributed by atoms with Crippen molar-refractivity contribution in [1.82, 2.24) is 0 Å². The Morgan fingerprint density at radius 1 is 1.17 bits per heavy atom. The molecule has 1 amide bonds. The number of carbonyl (C=O) groups is 2. The van der Waals surface area contributed by atoms with Crippen LogP contribution in [0.25, 0.3) is 0 Å². The zero-order chi connectivity index (χ0) is 17.9. The molecule has 0 aliphatic heterocycles. The van der Waals surface area contributed by atoms with E-state index in [0.717, 1.165) is 34.0 Å². The van der Waals surface area contributed by atoms with E-state index in [1.807, 2.05) is 6.92 Å². The van der Waals surface area contributed by atoms with Crippen molar-refractivity contribution in [3.63, 3.8) is 0 Å². The van der Waals surface area contributed by atoms with Crippen LogP contribution in [-0.4, -0.2) is 18.5 Å². The number of anilines is 1. The summed E-state index contributed by atoms with van der Waals surface area (Å²) in [6.45, 7) is 3.11. The average Bonchev–Trinajstić information content (AvgIpc) is 2.83. The lowest BCUT2D eigenvalue weighted by atomic mass is 10.2. The normalized spacial score (nSPS) is 11.2. The summed E-state index contributed by atoms with van der Waals surface area (Å²) in [6, 6.07) is 5.66. The van der Waals surface area contributed by atoms with Crippen molar-refractivity contribution in [3.05, 3.63) is 51.2 Å². The molecule has 0 unspecified atom stereocenters. The van der Waals surface area contributed by atoms with Gasteiger partial charge in [0.15, 0.2) is 6.61 Å². The number of halogens is 3. The molecule has 1 heterocycles. The maximum absolute atomic E-state index is 12.4. The predicted molar refractivity (Wildman–Crippen MR) is 84.1 cm³/mol. The number of aryl methyl sites for hydroxylation is 2. The van der Waals surface area contributed by atoms with E-state index in [2.05, 4.69) is 5.32 Å². The summed E-state index contributed by atoms with van der Waals surface area (Å²) < 4.78 is 42.2. The third-order valence-electron chi connectivity index (χ3n) is 3.09. The van der Waals surface area contributed by atoms with Gasteiger partial charge in [-0.05, 0) is 44.2 Å². The molecule has 0 aliphatic rings. The van der Waals surface area contributed by atoms with Crippen LogP contribution in [0, 0.1) is 13.8 Å². The summed E-state index contributed by atoms with van der Waals surface area (Å²) in [4.78, 5) is 25.3. The van der Waals surface area contributed by atoms with Crippen LogP contribution >= 0.6 is 11.3 Å². The average molecular weight is 357 g/mol. The van der Waals surface area contributed by atoms with E-state index < -0.39 is 30.2 Å². The van der Waals surface area contributed by atoms with Gasteiger partial charge < -0.3 is 10.1 Å². The van der Waals surface area contributed by atoms with Gasteiger partial charge in [0.25, 0.3) is 5.91 Å². The van der Waals surface area contributed by atoms with E-state index >= 15 is 0 Å². The third-order valence-corrected chi connectivity index (χ3v) is 4.06. The molecular formula is C16H14F3NO3S. The highest BCUT2D eigenvalue weighted by Gasteiger charge is 2.30. The van der Waals surface area contributed by atoms with E-state index in [9.17, 15) is 22.8 Å². The molecule has 128 valence electrons. The topological polar surface area (TPSA) is 55.4 Å². The van der Waals surface area contributed by atoms with E-state index in [0.29, 0.717) is 5.56 Å². The Morgan fingerprint density at radius 2 is 1.79 bits per heavy atom. The van der Waals surface area contributed by atoms with Gasteiger partial charge in [0.1, 0.15) is 0 Å². The number of esters is 1. The lowest BCUT2D eigenvalue weighted by Gasteiger charge is -2.09. The van der Waals surface area contributed by atoms with Crippen molar-refractivity contribution in [2.75, 3.05) is 11.9 Å². The number of benzene rings is 1. The van der Waals surface area contributed by atoms with E-state index in [-0.39, 0.29) is 5.69 Å². The van der Waals surface area contributed by atoms with Crippen molar-refractivity contribution in [2.24, 2.45) is 0 Å². The first kappa shape index (κ1) is 18.0. The zero-order valence-corrected chi connectivity index (χ0v) is 13.7. The number of amides is 1. The van der Waals surface area contributed by atoms with Crippen molar-refractivity contribution in [1.29, 1.82) is 0 Å². The Balaban J connectivity index is 1.89. The first-order valence-corrected chi connectivity index (χ1v) is 7.70. The molecule has 0 saturated heterocycles. The van der Waals surface area contributed by atoms with E-state index in [1.54, 1.807) is 13.0 Å². The number of hydrogen-bond donors (Lipinski definition) is 1. The summed E-state index contributed by atoms with van der Waals surface area (Å²) in [5.74, 6) is -1.24. The molecular weight excluding hydrogens is 343 g/mol. The second-order valence-corrected chi connectivity index (χ2v) is 6.49. The molecule has 0 spiro atoms. The molecule has 24 heavy (non-hydrogen) atoms. The molecule has 8 heteroatoms. The molecule has 1 N–H and O–H groups in total. The number of carbonyl (C=O) groups excluding carboxylic acids is 2. The Morgan fingerprint density at radius 3 is 2.29 bits per heavy atom. The van der Waals surface area contributed by atoms with E-state index in [4.69, 9.17) is 4.74 Å². The minimum Gasteiger partial charge on any atom is -0.452 e. The fourth-order valence-corrected chi connectivity index (χ4v) is 2.89. The monoisotopic (exact) mass is 357 g/mol. The van der Waals surface area contributed by atoms with Crippen LogP contribution < -0.4 is 5.32 Å². The molecule has 0 radical (unpaired) electrons. The molecule has 0 saturated carbocycles. The predicted octanol–water partition coefficient (Wildman–Crippen LogP) is 4.18. The standard InChI is InChI=1S/C16H14F3NO3S/c1-9-7-13(10(2)24-9)15(22)23-8-14(21)20-12-5-3-11(4-6-12)16(17,18)19/h3-7H,8H2,1-2H3,(H,20,21). The number of thiophene rings is 1. The first-order valence-electron chi connectivity index (χ1n) is 6.88. The second kappa shape index (κ2) is 7.04. The van der Waals surface area contributed by atoms with Gasteiger partial charge in [-0.1, -0.05) is 0 Å². The lowest BCUT2D eigenvalue weighted by molar-refractivity contribution is -0.137. The van der Waals surface area contributed by atoms with Crippen LogP contribution in [0.4, 0.5) is 18.9 Å². The SMILES string of the molecule is Cc1cc(C(=O)OCC(=O)Nc2ccc(C(F)(F)F)cc2)c(C)s1. The van der Waals surface area contributed by atoms with Gasteiger partial charge >= 0.3 is 12.1 Å². The zero-order valence-electron chi connectivity index (χ0n) is 12.9. The van der Waals surface area contributed by atoms with Crippen LogP contribution in [0.15, 0.2) is 30.3 Å². The number of alkyl halides is 3. The molecule has 4 nitrogen and oxygen atoms in total. The van der Waals surface area contributed by atoms with Crippen molar-refractivity contribution < 1.29 is 27.5 Å². The molecule has 0 aliphatic carbocycles. The quantitative estimate of drug-likeness (QED) is 0.835. The summed E-state index contributed by atoms with van der Waals surface area (Å²) in [5, 5.41) is 2.37. The minimum absolute atomic E-state index is 0.187. The summed E-state index contributed by atoms with van der Waals surface area (Å²) in [5.41, 5.74) is -0.221. The Kier molecular flexibility index (Phi) is 5.28. The highest BCUT2D eigenvalue weighted by molar-refractivity contribution is 7.12. The Hall–Kier alpha value is -2.35. The number of nitrogens with one attached hydrogen (secondary N) is 1. The Bertz CT molecular complexity index is 751. The van der Waals surface area contributed by atoms with Crippen molar-refractivity contribution in [2.45, 2.75) is 20.0 Å². The van der Waals surface area contributed by atoms with Crippen LogP contribution in [0.3, 0.4) is 0 Å². The van der Waals surface area contributed by atoms with Crippen LogP contribution in [0.1, 0.15) is 25.7 Å². The maximum atomic E-state index is 12.4. The molecule has 0 bridgehead atoms. The second-order valence-electron chi connectivity index (χ2n) is 5.03. The minimum atomic E-state index is -4.44. The smallest absolute Gasteiger partial charge is 0.416 e. The largest absolute Gasteiger partial charge is 0.452 e. The molecule has 0 atom stereocenters. The van der Waals surface area contributed by atoms with Gasteiger partial charge in [0.2, 0.25) is 0 Å². The van der Waals surface area contributed by atoms with Gasteiger partial charge in [0.05, 0.1) is 11.1 Å². The summed E-state index contributed by atoms with van der Waals surface area (Å²) in [7, 11) is 0. The van der Waals surface area contributed by atoms with Gasteiger partial charge in [0, 0.05) is 15.4 Å².